The van der Waals surface area contributed by atoms with Crippen LogP contribution in [0, 0.1) is 23.2 Å². The largest absolute Gasteiger partial charge is 0.465 e. The van der Waals surface area contributed by atoms with Crippen molar-refractivity contribution >= 4 is 11.9 Å². The molecule has 3 heterocycles. The van der Waals surface area contributed by atoms with Gasteiger partial charge in [0.05, 0.1) is 30.7 Å². The monoisotopic (exact) mass is 418 g/mol. The fourth-order valence-corrected chi connectivity index (χ4v) is 5.79. The number of carbonyl (C=O) groups is 2. The van der Waals surface area contributed by atoms with E-state index in [1.165, 1.54) is 6.92 Å². The minimum absolute atomic E-state index is 0.0444. The average Bonchev–Trinajstić information content (AvgIpc) is 3.05. The minimum atomic E-state index is -0.725. The first-order chi connectivity index (χ1) is 14.5. The summed E-state index contributed by atoms with van der Waals surface area (Å²) in [5.74, 6) is -1.29. The molecule has 1 saturated carbocycles. The second-order valence-corrected chi connectivity index (χ2v) is 8.51. The first-order valence-corrected chi connectivity index (χ1v) is 10.3. The molecule has 0 aromatic heterocycles. The normalized spacial score (nSPS) is 42.1. The molecular formula is C22H26O8. The molecule has 1 aliphatic carbocycles. The van der Waals surface area contributed by atoms with Gasteiger partial charge in [-0.2, -0.15) is 0 Å². The standard InChI is InChI=1S/C22H26O8/c1-12(23)28-11-22-14-8-15(19(24)26-9-14)17(22)18-16(29-21(22)25-2)10-27-20(30-18)13-6-4-3-5-7-13/h3-7,14-18,20-21H,8-11H2,1-2H3/t14-,15+,16+,17+,18-,20+,21-,22-/m0/s1. The van der Waals surface area contributed by atoms with Crippen LogP contribution in [0.3, 0.4) is 0 Å². The van der Waals surface area contributed by atoms with Crippen LogP contribution in [-0.4, -0.2) is 57.4 Å². The van der Waals surface area contributed by atoms with Crippen molar-refractivity contribution in [1.82, 2.24) is 0 Å². The Kier molecular flexibility index (Phi) is 5.05. The van der Waals surface area contributed by atoms with Gasteiger partial charge in [-0.15, -0.1) is 0 Å². The molecule has 0 radical (unpaired) electrons. The lowest BCUT2D eigenvalue weighted by Gasteiger charge is -2.54. The van der Waals surface area contributed by atoms with Crippen molar-refractivity contribution in [2.45, 2.75) is 38.1 Å². The third-order valence-electron chi connectivity index (χ3n) is 7.04. The van der Waals surface area contributed by atoms with E-state index >= 15 is 0 Å². The molecule has 30 heavy (non-hydrogen) atoms. The predicted molar refractivity (Wildman–Crippen MR) is 101 cm³/mol. The molecule has 4 aliphatic rings. The van der Waals surface area contributed by atoms with E-state index < -0.39 is 30.2 Å². The molecule has 5 rings (SSSR count). The molecule has 0 unspecified atom stereocenters. The summed E-state index contributed by atoms with van der Waals surface area (Å²) in [6, 6.07) is 9.68. The summed E-state index contributed by atoms with van der Waals surface area (Å²) in [6.45, 7) is 2.04. The van der Waals surface area contributed by atoms with E-state index in [1.54, 1.807) is 7.11 Å². The lowest BCUT2D eigenvalue weighted by molar-refractivity contribution is -0.369. The second-order valence-electron chi connectivity index (χ2n) is 8.51. The lowest BCUT2D eigenvalue weighted by Crippen LogP contribution is -2.64. The molecule has 3 aliphatic heterocycles. The highest BCUT2D eigenvalue weighted by Gasteiger charge is 2.71. The van der Waals surface area contributed by atoms with Crippen molar-refractivity contribution < 1.29 is 38.0 Å². The third-order valence-corrected chi connectivity index (χ3v) is 7.04. The van der Waals surface area contributed by atoms with Crippen molar-refractivity contribution in [2.75, 3.05) is 26.9 Å². The Bertz CT molecular complexity index is 813. The molecule has 8 nitrogen and oxygen atoms in total. The summed E-state index contributed by atoms with van der Waals surface area (Å²) in [7, 11) is 1.57. The maximum absolute atomic E-state index is 12.7. The van der Waals surface area contributed by atoms with Crippen molar-refractivity contribution in [3.63, 3.8) is 0 Å². The molecule has 4 fully saturated rings. The van der Waals surface area contributed by atoms with Crippen LogP contribution >= 0.6 is 0 Å². The molecule has 1 aromatic rings. The van der Waals surface area contributed by atoms with Crippen molar-refractivity contribution in [2.24, 2.45) is 23.2 Å². The quantitative estimate of drug-likeness (QED) is 0.685. The average molecular weight is 418 g/mol. The molecule has 3 saturated heterocycles. The Hall–Kier alpha value is -2.00. The summed E-state index contributed by atoms with van der Waals surface area (Å²) in [4.78, 5) is 24.4. The van der Waals surface area contributed by atoms with Crippen molar-refractivity contribution in [3.05, 3.63) is 35.9 Å². The number of benzene rings is 1. The fourth-order valence-electron chi connectivity index (χ4n) is 5.79. The van der Waals surface area contributed by atoms with Gasteiger partial charge in [0.1, 0.15) is 12.7 Å². The molecule has 0 amide bonds. The Morgan fingerprint density at radius 3 is 2.73 bits per heavy atom. The first kappa shape index (κ1) is 19.9. The highest BCUT2D eigenvalue weighted by molar-refractivity contribution is 5.75. The second kappa shape index (κ2) is 7.60. The Labute approximate surface area is 174 Å². The van der Waals surface area contributed by atoms with Gasteiger partial charge in [0.25, 0.3) is 0 Å². The Balaban J connectivity index is 1.53. The molecular weight excluding hydrogens is 392 g/mol. The van der Waals surface area contributed by atoms with E-state index in [4.69, 9.17) is 28.4 Å². The number of cyclic esters (lactones) is 1. The van der Waals surface area contributed by atoms with Crippen LogP contribution in [-0.2, 0) is 38.0 Å². The van der Waals surface area contributed by atoms with Crippen molar-refractivity contribution in [1.29, 1.82) is 0 Å². The van der Waals surface area contributed by atoms with E-state index in [-0.39, 0.29) is 42.9 Å². The zero-order valence-corrected chi connectivity index (χ0v) is 17.0. The highest BCUT2D eigenvalue weighted by atomic mass is 16.7. The Morgan fingerprint density at radius 1 is 1.20 bits per heavy atom. The number of rotatable bonds is 4. The van der Waals surface area contributed by atoms with Gasteiger partial charge >= 0.3 is 11.9 Å². The van der Waals surface area contributed by atoms with Crippen LogP contribution in [0.4, 0.5) is 0 Å². The fraction of sp³-hybridized carbons (Fsp3) is 0.636. The van der Waals surface area contributed by atoms with Gasteiger partial charge in [0.2, 0.25) is 0 Å². The van der Waals surface area contributed by atoms with E-state index in [0.29, 0.717) is 13.0 Å². The van der Waals surface area contributed by atoms with Gasteiger partial charge in [0, 0.05) is 31.4 Å². The smallest absolute Gasteiger partial charge is 0.309 e. The molecule has 1 aromatic carbocycles. The maximum atomic E-state index is 12.7. The van der Waals surface area contributed by atoms with Crippen molar-refractivity contribution in [3.8, 4) is 0 Å². The summed E-state index contributed by atoms with van der Waals surface area (Å²) in [5.41, 5.74) is 0.177. The van der Waals surface area contributed by atoms with E-state index in [9.17, 15) is 9.59 Å². The number of esters is 2. The maximum Gasteiger partial charge on any atom is 0.309 e. The third kappa shape index (κ3) is 2.97. The minimum Gasteiger partial charge on any atom is -0.465 e. The topological polar surface area (TPSA) is 89.5 Å². The van der Waals surface area contributed by atoms with Gasteiger partial charge < -0.3 is 28.4 Å². The predicted octanol–water partition coefficient (Wildman–Crippen LogP) is 1.83. The van der Waals surface area contributed by atoms with Crippen LogP contribution in [0.15, 0.2) is 30.3 Å². The summed E-state index contributed by atoms with van der Waals surface area (Å²) in [5, 5.41) is 0. The van der Waals surface area contributed by atoms with Crippen LogP contribution in [0.5, 0.6) is 0 Å². The molecule has 8 atom stereocenters. The SMILES string of the molecule is CO[C@H]1O[C@@H]2CO[C@@H](c3ccccc3)O[C@@H]2[C@H]2[C@H]3C[C@@H](COC3=O)[C@]12COC(C)=O. The highest BCUT2D eigenvalue weighted by Crippen LogP contribution is 2.62. The van der Waals surface area contributed by atoms with Crippen LogP contribution < -0.4 is 0 Å². The van der Waals surface area contributed by atoms with Gasteiger partial charge in [-0.25, -0.2) is 0 Å². The Morgan fingerprint density at radius 2 is 2.00 bits per heavy atom. The van der Waals surface area contributed by atoms with Crippen LogP contribution in [0.25, 0.3) is 0 Å². The lowest BCUT2D eigenvalue weighted by atomic mass is 9.66. The zero-order chi connectivity index (χ0) is 20.9. The molecule has 2 bridgehead atoms. The number of fused-ring (bicyclic) bond motifs is 7. The molecule has 162 valence electrons. The molecule has 0 N–H and O–H groups in total. The number of hydrogen-bond donors (Lipinski definition) is 0. The number of methoxy groups -OCH3 is 1. The van der Waals surface area contributed by atoms with Crippen LogP contribution in [0.1, 0.15) is 25.2 Å². The number of hydrogen-bond acceptors (Lipinski definition) is 8. The van der Waals surface area contributed by atoms with Gasteiger partial charge in [-0.3, -0.25) is 9.59 Å². The van der Waals surface area contributed by atoms with E-state index in [2.05, 4.69) is 0 Å². The number of carbonyl (C=O) groups excluding carboxylic acids is 2. The summed E-state index contributed by atoms with van der Waals surface area (Å²) >= 11 is 0. The van der Waals surface area contributed by atoms with E-state index in [1.807, 2.05) is 30.3 Å². The van der Waals surface area contributed by atoms with E-state index in [0.717, 1.165) is 5.56 Å². The molecule has 8 heteroatoms. The van der Waals surface area contributed by atoms with Gasteiger partial charge in [0.15, 0.2) is 12.6 Å². The first-order valence-electron chi connectivity index (χ1n) is 10.3. The summed E-state index contributed by atoms with van der Waals surface area (Å²) in [6.07, 6.45) is -1.38. The van der Waals surface area contributed by atoms with Crippen LogP contribution in [0.2, 0.25) is 0 Å². The number of ether oxygens (including phenoxy) is 6. The van der Waals surface area contributed by atoms with Gasteiger partial charge in [-0.1, -0.05) is 30.3 Å². The zero-order valence-electron chi connectivity index (χ0n) is 17.0. The molecule has 0 spiro atoms. The summed E-state index contributed by atoms with van der Waals surface area (Å²) < 4.78 is 35.4. The van der Waals surface area contributed by atoms with Gasteiger partial charge in [-0.05, 0) is 6.42 Å².